The lowest BCUT2D eigenvalue weighted by molar-refractivity contribution is -0.117. The Hall–Kier alpha value is -1.88. The van der Waals surface area contributed by atoms with E-state index in [-0.39, 0.29) is 17.9 Å². The SMILES string of the molecule is Cc1nc2ccc(C(C)(C)CNCC(N)=O)cc2o1. The van der Waals surface area contributed by atoms with Crippen LogP contribution < -0.4 is 11.1 Å². The first kappa shape index (κ1) is 13.5. The number of hydrogen-bond donors (Lipinski definition) is 2. The first-order chi connectivity index (χ1) is 8.88. The highest BCUT2D eigenvalue weighted by molar-refractivity contribution is 5.76. The number of nitrogens with two attached hydrogens (primary N) is 1. The van der Waals surface area contributed by atoms with Crippen LogP contribution in [0.4, 0.5) is 0 Å². The Morgan fingerprint density at radius 3 is 2.89 bits per heavy atom. The maximum atomic E-state index is 10.7. The van der Waals surface area contributed by atoms with Gasteiger partial charge in [-0.15, -0.1) is 0 Å². The molecular weight excluding hydrogens is 242 g/mol. The Bertz CT molecular complexity index is 602. The van der Waals surface area contributed by atoms with Crippen LogP contribution in [-0.2, 0) is 10.2 Å². The van der Waals surface area contributed by atoms with Crippen LogP contribution in [0, 0.1) is 6.92 Å². The van der Waals surface area contributed by atoms with E-state index in [1.165, 1.54) is 0 Å². The Morgan fingerprint density at radius 2 is 2.21 bits per heavy atom. The summed E-state index contributed by atoms with van der Waals surface area (Å²) in [6.45, 7) is 6.89. The van der Waals surface area contributed by atoms with E-state index in [0.29, 0.717) is 12.4 Å². The molecule has 1 heterocycles. The van der Waals surface area contributed by atoms with Crippen LogP contribution in [0.25, 0.3) is 11.1 Å². The summed E-state index contributed by atoms with van der Waals surface area (Å²) in [5, 5.41) is 3.06. The molecule has 5 heteroatoms. The van der Waals surface area contributed by atoms with Crippen molar-refractivity contribution >= 4 is 17.0 Å². The summed E-state index contributed by atoms with van der Waals surface area (Å²) in [5.74, 6) is 0.314. The lowest BCUT2D eigenvalue weighted by atomic mass is 9.84. The van der Waals surface area contributed by atoms with Crippen molar-refractivity contribution in [3.05, 3.63) is 29.7 Å². The molecule has 0 aliphatic rings. The minimum atomic E-state index is -0.350. The lowest BCUT2D eigenvalue weighted by Gasteiger charge is -2.25. The summed E-state index contributed by atoms with van der Waals surface area (Å²) in [6.07, 6.45) is 0. The fourth-order valence-corrected chi connectivity index (χ4v) is 2.06. The molecule has 1 amide bonds. The molecule has 0 bridgehead atoms. The predicted octanol–water partition coefficient (Wildman–Crippen LogP) is 1.49. The van der Waals surface area contributed by atoms with Gasteiger partial charge in [-0.05, 0) is 17.7 Å². The average Bonchev–Trinajstić information content (AvgIpc) is 2.67. The van der Waals surface area contributed by atoms with Gasteiger partial charge in [-0.3, -0.25) is 4.79 Å². The highest BCUT2D eigenvalue weighted by Gasteiger charge is 2.21. The molecule has 0 unspecified atom stereocenters. The molecule has 0 aliphatic carbocycles. The number of carbonyl (C=O) groups is 1. The Labute approximate surface area is 112 Å². The second-order valence-electron chi connectivity index (χ2n) is 5.37. The highest BCUT2D eigenvalue weighted by atomic mass is 16.3. The lowest BCUT2D eigenvalue weighted by Crippen LogP contribution is -2.37. The molecule has 0 fully saturated rings. The third-order valence-electron chi connectivity index (χ3n) is 3.14. The molecule has 1 aromatic carbocycles. The molecule has 2 rings (SSSR count). The first-order valence-corrected chi connectivity index (χ1v) is 6.25. The van der Waals surface area contributed by atoms with Crippen molar-refractivity contribution in [2.24, 2.45) is 5.73 Å². The monoisotopic (exact) mass is 261 g/mol. The van der Waals surface area contributed by atoms with Crippen molar-refractivity contribution in [1.82, 2.24) is 10.3 Å². The number of hydrogen-bond acceptors (Lipinski definition) is 4. The molecule has 102 valence electrons. The molecule has 0 aliphatic heterocycles. The van der Waals surface area contributed by atoms with Crippen molar-refractivity contribution in [3.63, 3.8) is 0 Å². The zero-order chi connectivity index (χ0) is 14.0. The molecule has 0 radical (unpaired) electrons. The zero-order valence-corrected chi connectivity index (χ0v) is 11.5. The molecule has 2 aromatic rings. The molecule has 0 saturated carbocycles. The van der Waals surface area contributed by atoms with Gasteiger partial charge in [-0.1, -0.05) is 19.9 Å². The Balaban J connectivity index is 2.19. The van der Waals surface area contributed by atoms with Crippen LogP contribution in [0.3, 0.4) is 0 Å². The van der Waals surface area contributed by atoms with Crippen LogP contribution in [0.1, 0.15) is 25.3 Å². The minimum Gasteiger partial charge on any atom is -0.441 e. The number of carbonyl (C=O) groups excluding carboxylic acids is 1. The summed E-state index contributed by atoms with van der Waals surface area (Å²) in [4.78, 5) is 15.0. The molecule has 19 heavy (non-hydrogen) atoms. The van der Waals surface area contributed by atoms with Crippen LogP contribution in [0.2, 0.25) is 0 Å². The van der Waals surface area contributed by atoms with Gasteiger partial charge in [0.2, 0.25) is 5.91 Å². The average molecular weight is 261 g/mol. The Morgan fingerprint density at radius 1 is 1.47 bits per heavy atom. The van der Waals surface area contributed by atoms with E-state index in [9.17, 15) is 4.79 Å². The predicted molar refractivity (Wildman–Crippen MR) is 73.8 cm³/mol. The number of fused-ring (bicyclic) bond motifs is 1. The van der Waals surface area contributed by atoms with Gasteiger partial charge >= 0.3 is 0 Å². The second-order valence-corrected chi connectivity index (χ2v) is 5.37. The Kier molecular flexibility index (Phi) is 3.57. The quantitative estimate of drug-likeness (QED) is 0.854. The fraction of sp³-hybridized carbons (Fsp3) is 0.429. The molecule has 0 spiro atoms. The van der Waals surface area contributed by atoms with Crippen LogP contribution in [0.5, 0.6) is 0 Å². The number of aryl methyl sites for hydroxylation is 1. The van der Waals surface area contributed by atoms with Crippen LogP contribution in [-0.4, -0.2) is 24.0 Å². The van der Waals surface area contributed by atoms with Crippen molar-refractivity contribution < 1.29 is 9.21 Å². The molecule has 5 nitrogen and oxygen atoms in total. The van der Waals surface area contributed by atoms with Gasteiger partial charge in [0, 0.05) is 18.9 Å². The van der Waals surface area contributed by atoms with Gasteiger partial charge in [0.1, 0.15) is 5.52 Å². The van der Waals surface area contributed by atoms with E-state index in [1.807, 2.05) is 25.1 Å². The van der Waals surface area contributed by atoms with E-state index in [1.54, 1.807) is 0 Å². The van der Waals surface area contributed by atoms with Gasteiger partial charge in [-0.25, -0.2) is 4.98 Å². The van der Waals surface area contributed by atoms with Gasteiger partial charge in [-0.2, -0.15) is 0 Å². The topological polar surface area (TPSA) is 81.1 Å². The molecule has 0 atom stereocenters. The maximum Gasteiger partial charge on any atom is 0.231 e. The smallest absolute Gasteiger partial charge is 0.231 e. The summed E-state index contributed by atoms with van der Waals surface area (Å²) < 4.78 is 5.54. The highest BCUT2D eigenvalue weighted by Crippen LogP contribution is 2.26. The fourth-order valence-electron chi connectivity index (χ4n) is 2.06. The van der Waals surface area contributed by atoms with Gasteiger partial charge < -0.3 is 15.5 Å². The number of primary amides is 1. The van der Waals surface area contributed by atoms with Crippen molar-refractivity contribution in [1.29, 1.82) is 0 Å². The largest absolute Gasteiger partial charge is 0.441 e. The number of nitrogens with one attached hydrogen (secondary N) is 1. The number of nitrogens with zero attached hydrogens (tertiary/aromatic N) is 1. The van der Waals surface area contributed by atoms with Crippen molar-refractivity contribution in [2.75, 3.05) is 13.1 Å². The first-order valence-electron chi connectivity index (χ1n) is 6.25. The zero-order valence-electron chi connectivity index (χ0n) is 11.5. The van der Waals surface area contributed by atoms with Gasteiger partial charge in [0.05, 0.1) is 6.54 Å². The van der Waals surface area contributed by atoms with E-state index in [4.69, 9.17) is 10.2 Å². The number of aromatic nitrogens is 1. The van der Waals surface area contributed by atoms with E-state index in [2.05, 4.69) is 24.1 Å². The third kappa shape index (κ3) is 3.12. The summed E-state index contributed by atoms with van der Waals surface area (Å²) in [6, 6.07) is 5.99. The van der Waals surface area contributed by atoms with E-state index >= 15 is 0 Å². The molecular formula is C14H19N3O2. The van der Waals surface area contributed by atoms with Crippen LogP contribution in [0.15, 0.2) is 22.6 Å². The standard InChI is InChI=1S/C14H19N3O2/c1-9-17-11-5-4-10(6-12(11)19-9)14(2,3)8-16-7-13(15)18/h4-6,16H,7-8H2,1-3H3,(H2,15,18). The summed E-state index contributed by atoms with van der Waals surface area (Å²) in [5.41, 5.74) is 7.78. The number of benzene rings is 1. The summed E-state index contributed by atoms with van der Waals surface area (Å²) >= 11 is 0. The van der Waals surface area contributed by atoms with Gasteiger partial charge in [0.15, 0.2) is 11.5 Å². The van der Waals surface area contributed by atoms with E-state index in [0.717, 1.165) is 16.7 Å². The number of oxazole rings is 1. The van der Waals surface area contributed by atoms with E-state index < -0.39 is 0 Å². The normalized spacial score (nSPS) is 11.9. The second kappa shape index (κ2) is 5.01. The molecule has 3 N–H and O–H groups in total. The molecule has 0 saturated heterocycles. The van der Waals surface area contributed by atoms with Crippen molar-refractivity contribution in [2.45, 2.75) is 26.2 Å². The third-order valence-corrected chi connectivity index (χ3v) is 3.14. The minimum absolute atomic E-state index is 0.121. The maximum absolute atomic E-state index is 10.7. The van der Waals surface area contributed by atoms with Crippen molar-refractivity contribution in [3.8, 4) is 0 Å². The summed E-state index contributed by atoms with van der Waals surface area (Å²) in [7, 11) is 0. The van der Waals surface area contributed by atoms with Crippen LogP contribution >= 0.6 is 0 Å². The van der Waals surface area contributed by atoms with Gasteiger partial charge in [0.25, 0.3) is 0 Å². The number of amides is 1. The molecule has 1 aromatic heterocycles. The number of rotatable bonds is 5.